The summed E-state index contributed by atoms with van der Waals surface area (Å²) >= 11 is 0. The van der Waals surface area contributed by atoms with E-state index in [2.05, 4.69) is 9.97 Å². The molecule has 4 rings (SSSR count). The minimum Gasteiger partial charge on any atom is -0.441 e. The molecule has 2 aromatic heterocycles. The number of ether oxygens (including phenoxy) is 1. The van der Waals surface area contributed by atoms with E-state index in [9.17, 15) is 9.59 Å². The van der Waals surface area contributed by atoms with Gasteiger partial charge in [-0.1, -0.05) is 6.42 Å². The van der Waals surface area contributed by atoms with Crippen LogP contribution in [0.15, 0.2) is 18.5 Å². The molecule has 28 heavy (non-hydrogen) atoms. The molecule has 1 saturated carbocycles. The minimum atomic E-state index is -0.385. The van der Waals surface area contributed by atoms with E-state index >= 15 is 0 Å². The second kappa shape index (κ2) is 7.04. The average Bonchev–Trinajstić information content (AvgIpc) is 3.11. The first-order valence-electron chi connectivity index (χ1n) is 9.88. The maximum atomic E-state index is 13.0. The molecule has 3 heterocycles. The van der Waals surface area contributed by atoms with Crippen molar-refractivity contribution in [3.05, 3.63) is 41.1 Å². The van der Waals surface area contributed by atoms with Crippen molar-refractivity contribution in [1.29, 1.82) is 0 Å². The highest BCUT2D eigenvalue weighted by atomic mass is 16.6. The lowest BCUT2D eigenvalue weighted by Gasteiger charge is -2.30. The van der Waals surface area contributed by atoms with Gasteiger partial charge in [-0.2, -0.15) is 0 Å². The molecule has 0 unspecified atom stereocenters. The Kier molecular flexibility index (Phi) is 4.69. The van der Waals surface area contributed by atoms with Gasteiger partial charge in [0.15, 0.2) is 11.6 Å². The van der Waals surface area contributed by atoms with E-state index in [4.69, 9.17) is 4.74 Å². The second-order valence-corrected chi connectivity index (χ2v) is 8.03. The van der Waals surface area contributed by atoms with Crippen LogP contribution in [0, 0.1) is 20.8 Å². The topological polar surface area (TPSA) is 77.3 Å². The molecular formula is C21H26N4O3. The van der Waals surface area contributed by atoms with Gasteiger partial charge in [-0.25, -0.2) is 9.78 Å². The Bertz CT molecular complexity index is 928. The van der Waals surface area contributed by atoms with Crippen molar-refractivity contribution in [3.8, 4) is 5.82 Å². The van der Waals surface area contributed by atoms with E-state index in [1.54, 1.807) is 17.3 Å². The summed E-state index contributed by atoms with van der Waals surface area (Å²) in [5, 5.41) is 0. The summed E-state index contributed by atoms with van der Waals surface area (Å²) in [6.45, 7) is 6.28. The normalized spacial score (nSPS) is 18.5. The number of carbonyl (C=O) groups is 2. The van der Waals surface area contributed by atoms with Gasteiger partial charge in [0.25, 0.3) is 0 Å². The molecule has 1 aliphatic heterocycles. The van der Waals surface area contributed by atoms with Gasteiger partial charge in [0.2, 0.25) is 0 Å². The molecule has 0 atom stereocenters. The van der Waals surface area contributed by atoms with Gasteiger partial charge in [0.1, 0.15) is 5.60 Å². The van der Waals surface area contributed by atoms with Crippen molar-refractivity contribution in [2.45, 2.75) is 58.5 Å². The quantitative estimate of drug-likeness (QED) is 0.756. The van der Waals surface area contributed by atoms with Crippen LogP contribution in [0.2, 0.25) is 0 Å². The first-order valence-corrected chi connectivity index (χ1v) is 9.88. The molecule has 7 heteroatoms. The summed E-state index contributed by atoms with van der Waals surface area (Å²) in [4.78, 5) is 35.6. The molecule has 7 nitrogen and oxygen atoms in total. The van der Waals surface area contributed by atoms with Gasteiger partial charge in [-0.05, 0) is 52.5 Å². The smallest absolute Gasteiger partial charge is 0.410 e. The van der Waals surface area contributed by atoms with E-state index in [1.807, 2.05) is 31.4 Å². The van der Waals surface area contributed by atoms with E-state index in [1.165, 1.54) is 6.42 Å². The molecule has 148 valence electrons. The molecule has 0 N–H and O–H groups in total. The molecule has 2 aliphatic rings. The zero-order chi connectivity index (χ0) is 19.9. The number of aryl methyl sites for hydroxylation is 2. The van der Waals surface area contributed by atoms with E-state index in [-0.39, 0.29) is 24.0 Å². The number of nitrogens with zero attached hydrogens (tertiary/aromatic N) is 4. The predicted octanol–water partition coefficient (Wildman–Crippen LogP) is 3.53. The Labute approximate surface area is 164 Å². The van der Waals surface area contributed by atoms with Crippen LogP contribution in [0.5, 0.6) is 0 Å². The van der Waals surface area contributed by atoms with Crippen molar-refractivity contribution in [3.63, 3.8) is 0 Å². The molecule has 2 fully saturated rings. The number of ketones is 1. The zero-order valence-electron chi connectivity index (χ0n) is 16.7. The summed E-state index contributed by atoms with van der Waals surface area (Å²) in [5.74, 6) is 0.612. The fourth-order valence-corrected chi connectivity index (χ4v) is 4.49. The summed E-state index contributed by atoms with van der Waals surface area (Å²) in [6, 6.07) is 1.86. The number of hydrogen-bond donors (Lipinski definition) is 0. The third-order valence-corrected chi connectivity index (χ3v) is 5.84. The standard InChI is InChI=1S/C21H26N4O3/c1-14-10-22-11-19(23-14)25-15(2)9-17(16(25)3)18(26)12-24-13-21(28-20(24)27)7-5-4-6-8-21/h9-11H,4-8,12-13H2,1-3H3. The Hall–Kier alpha value is -2.70. The number of Topliss-reactive ketones (excluding diaryl/α,β-unsaturated/α-hetero) is 1. The lowest BCUT2D eigenvalue weighted by atomic mass is 9.85. The van der Waals surface area contributed by atoms with Gasteiger partial charge in [-0.15, -0.1) is 0 Å². The van der Waals surface area contributed by atoms with Crippen LogP contribution in [0.3, 0.4) is 0 Å². The molecule has 0 aromatic carbocycles. The van der Waals surface area contributed by atoms with E-state index < -0.39 is 0 Å². The van der Waals surface area contributed by atoms with Crippen molar-refractivity contribution in [2.75, 3.05) is 13.1 Å². The van der Waals surface area contributed by atoms with Gasteiger partial charge < -0.3 is 9.30 Å². The predicted molar refractivity (Wildman–Crippen MR) is 104 cm³/mol. The maximum Gasteiger partial charge on any atom is 0.410 e. The summed E-state index contributed by atoms with van der Waals surface area (Å²) in [5.41, 5.74) is 2.76. The van der Waals surface area contributed by atoms with Crippen molar-refractivity contribution < 1.29 is 14.3 Å². The lowest BCUT2D eigenvalue weighted by Crippen LogP contribution is -2.38. The zero-order valence-corrected chi connectivity index (χ0v) is 16.7. The SMILES string of the molecule is Cc1cncc(-n2c(C)cc(C(=O)CN3CC4(CCCCC4)OC3=O)c2C)n1. The van der Waals surface area contributed by atoms with Crippen LogP contribution in [-0.4, -0.2) is 50.0 Å². The van der Waals surface area contributed by atoms with Gasteiger partial charge in [-0.3, -0.25) is 14.7 Å². The first-order chi connectivity index (χ1) is 13.4. The number of carbonyl (C=O) groups excluding carboxylic acids is 2. The van der Waals surface area contributed by atoms with Crippen LogP contribution in [0.25, 0.3) is 5.82 Å². The Morgan fingerprint density at radius 3 is 2.64 bits per heavy atom. The number of hydrogen-bond acceptors (Lipinski definition) is 5. The van der Waals surface area contributed by atoms with Crippen molar-refractivity contribution in [1.82, 2.24) is 19.4 Å². The molecular weight excluding hydrogens is 356 g/mol. The van der Waals surface area contributed by atoms with Crippen molar-refractivity contribution in [2.24, 2.45) is 0 Å². The Morgan fingerprint density at radius 2 is 1.93 bits per heavy atom. The van der Waals surface area contributed by atoms with Gasteiger partial charge in [0.05, 0.1) is 25.0 Å². The highest BCUT2D eigenvalue weighted by molar-refractivity contribution is 6.00. The fourth-order valence-electron chi connectivity index (χ4n) is 4.49. The molecule has 0 bridgehead atoms. The third kappa shape index (κ3) is 3.30. The van der Waals surface area contributed by atoms with Gasteiger partial charge in [0, 0.05) is 23.1 Å². The summed E-state index contributed by atoms with van der Waals surface area (Å²) in [6.07, 6.45) is 8.14. The first kappa shape index (κ1) is 18.7. The van der Waals surface area contributed by atoms with E-state index in [0.717, 1.165) is 42.8 Å². The van der Waals surface area contributed by atoms with Crippen LogP contribution < -0.4 is 0 Å². The number of aromatic nitrogens is 3. The summed E-state index contributed by atoms with van der Waals surface area (Å²) < 4.78 is 7.62. The molecule has 0 radical (unpaired) electrons. The number of amides is 1. The fraction of sp³-hybridized carbons (Fsp3) is 0.524. The molecule has 2 aromatic rings. The van der Waals surface area contributed by atoms with Crippen LogP contribution in [0.4, 0.5) is 4.79 Å². The molecule has 1 spiro atoms. The number of rotatable bonds is 4. The third-order valence-electron chi connectivity index (χ3n) is 5.84. The van der Waals surface area contributed by atoms with Gasteiger partial charge >= 0.3 is 6.09 Å². The average molecular weight is 382 g/mol. The second-order valence-electron chi connectivity index (χ2n) is 8.03. The highest BCUT2D eigenvalue weighted by Crippen LogP contribution is 2.37. The molecule has 1 saturated heterocycles. The molecule has 1 aliphatic carbocycles. The maximum absolute atomic E-state index is 13.0. The van der Waals surface area contributed by atoms with Crippen LogP contribution in [0.1, 0.15) is 59.5 Å². The van der Waals surface area contributed by atoms with E-state index in [0.29, 0.717) is 17.9 Å². The lowest BCUT2D eigenvalue weighted by molar-refractivity contribution is 0.0260. The monoisotopic (exact) mass is 382 g/mol. The van der Waals surface area contributed by atoms with Crippen LogP contribution >= 0.6 is 0 Å². The highest BCUT2D eigenvalue weighted by Gasteiger charge is 2.46. The largest absolute Gasteiger partial charge is 0.441 e. The van der Waals surface area contributed by atoms with Crippen LogP contribution in [-0.2, 0) is 4.74 Å². The summed E-state index contributed by atoms with van der Waals surface area (Å²) in [7, 11) is 0. The Balaban J connectivity index is 1.54. The molecule has 1 amide bonds. The van der Waals surface area contributed by atoms with Crippen molar-refractivity contribution >= 4 is 11.9 Å². The Morgan fingerprint density at radius 1 is 1.18 bits per heavy atom. The minimum absolute atomic E-state index is 0.0460.